The number of nitrogens with one attached hydrogen (secondary N) is 1. The quantitative estimate of drug-likeness (QED) is 0.816. The largest absolute Gasteiger partial charge is 0.300 e. The molecule has 2 saturated heterocycles. The lowest BCUT2D eigenvalue weighted by atomic mass is 9.99. The Morgan fingerprint density at radius 2 is 2.11 bits per heavy atom. The lowest BCUT2D eigenvalue weighted by Gasteiger charge is -2.44. The van der Waals surface area contributed by atoms with E-state index >= 15 is 0 Å². The molecule has 2 atom stereocenters. The highest BCUT2D eigenvalue weighted by Gasteiger charge is 2.28. The molecule has 0 aromatic rings. The molecule has 2 aliphatic heterocycles. The zero-order chi connectivity index (χ0) is 13.7. The molecule has 0 radical (unpaired) electrons. The van der Waals surface area contributed by atoms with Crippen molar-refractivity contribution in [2.75, 3.05) is 32.7 Å². The van der Waals surface area contributed by atoms with Gasteiger partial charge in [-0.15, -0.1) is 0 Å². The maximum Gasteiger partial charge on any atom is 0.0967 e. The highest BCUT2D eigenvalue weighted by atomic mass is 15.3. The monoisotopic (exact) mass is 264 g/mol. The van der Waals surface area contributed by atoms with Crippen molar-refractivity contribution in [3.05, 3.63) is 0 Å². The van der Waals surface area contributed by atoms with Crippen molar-refractivity contribution in [2.24, 2.45) is 0 Å². The summed E-state index contributed by atoms with van der Waals surface area (Å²) in [5.41, 5.74) is 0. The van der Waals surface area contributed by atoms with E-state index in [1.807, 2.05) is 0 Å². The van der Waals surface area contributed by atoms with Crippen molar-refractivity contribution in [3.63, 3.8) is 0 Å². The Bertz CT molecular complexity index is 310. The number of hydrogen-bond acceptors (Lipinski definition) is 4. The molecule has 0 aromatic carbocycles. The van der Waals surface area contributed by atoms with Gasteiger partial charge in [0.25, 0.3) is 0 Å². The number of rotatable bonds is 5. The zero-order valence-corrected chi connectivity index (χ0v) is 12.4. The maximum absolute atomic E-state index is 9.15. The molecule has 0 aliphatic carbocycles. The summed E-state index contributed by atoms with van der Waals surface area (Å²) in [6.07, 6.45) is 5.08. The highest BCUT2D eigenvalue weighted by Crippen LogP contribution is 2.21. The third-order valence-corrected chi connectivity index (χ3v) is 4.35. The molecule has 2 unspecified atom stereocenters. The van der Waals surface area contributed by atoms with Crippen LogP contribution in [0.2, 0.25) is 0 Å². The average molecular weight is 264 g/mol. The summed E-state index contributed by atoms with van der Waals surface area (Å²) in [7, 11) is 0. The fraction of sp³-hybridized carbons (Fsp3) is 0.933. The number of nitriles is 1. The first kappa shape index (κ1) is 14.8. The summed E-state index contributed by atoms with van der Waals surface area (Å²) in [6.45, 7) is 10.2. The molecule has 19 heavy (non-hydrogen) atoms. The van der Waals surface area contributed by atoms with E-state index in [2.05, 4.69) is 35.0 Å². The van der Waals surface area contributed by atoms with Crippen molar-refractivity contribution in [2.45, 2.75) is 57.7 Å². The van der Waals surface area contributed by atoms with E-state index < -0.39 is 0 Å². The van der Waals surface area contributed by atoms with Crippen LogP contribution in [0.15, 0.2) is 0 Å². The van der Waals surface area contributed by atoms with E-state index in [4.69, 9.17) is 5.26 Å². The Labute approximate surface area is 117 Å². The second-order valence-corrected chi connectivity index (χ2v) is 6.28. The van der Waals surface area contributed by atoms with Gasteiger partial charge in [-0.3, -0.25) is 10.2 Å². The van der Waals surface area contributed by atoms with Gasteiger partial charge in [0.1, 0.15) is 0 Å². The minimum Gasteiger partial charge on any atom is -0.300 e. The first-order valence-electron chi connectivity index (χ1n) is 7.81. The molecule has 0 spiro atoms. The second kappa shape index (κ2) is 7.23. The lowest BCUT2D eigenvalue weighted by Crippen LogP contribution is -2.55. The summed E-state index contributed by atoms with van der Waals surface area (Å²) in [5.74, 6) is 0. The first-order chi connectivity index (χ1) is 9.19. The van der Waals surface area contributed by atoms with Gasteiger partial charge in [-0.25, -0.2) is 0 Å². The van der Waals surface area contributed by atoms with Crippen LogP contribution in [0.1, 0.15) is 39.5 Å². The number of hydrogen-bond donors (Lipinski definition) is 1. The molecular weight excluding hydrogens is 236 g/mol. The van der Waals surface area contributed by atoms with Crippen LogP contribution in [0, 0.1) is 11.3 Å². The molecule has 0 saturated carbocycles. The first-order valence-corrected chi connectivity index (χ1v) is 7.81. The van der Waals surface area contributed by atoms with Crippen LogP contribution in [0.5, 0.6) is 0 Å². The van der Waals surface area contributed by atoms with Crippen LogP contribution in [0.4, 0.5) is 0 Å². The highest BCUT2D eigenvalue weighted by molar-refractivity contribution is 4.92. The predicted molar refractivity (Wildman–Crippen MR) is 77.9 cm³/mol. The van der Waals surface area contributed by atoms with E-state index in [1.54, 1.807) is 0 Å². The summed E-state index contributed by atoms with van der Waals surface area (Å²) >= 11 is 0. The van der Waals surface area contributed by atoms with Gasteiger partial charge in [0.05, 0.1) is 12.1 Å². The van der Waals surface area contributed by atoms with Crippen molar-refractivity contribution < 1.29 is 0 Å². The smallest absolute Gasteiger partial charge is 0.0967 e. The third kappa shape index (κ3) is 4.45. The van der Waals surface area contributed by atoms with Gasteiger partial charge in [0.2, 0.25) is 0 Å². The SMILES string of the molecule is CC(C)NC(C#N)CCN1CCN2CCCCC2C1. The van der Waals surface area contributed by atoms with Crippen LogP contribution in [0.3, 0.4) is 0 Å². The maximum atomic E-state index is 9.15. The molecular formula is C15H28N4. The normalized spacial score (nSPS) is 26.9. The molecule has 108 valence electrons. The number of fused-ring (bicyclic) bond motifs is 1. The van der Waals surface area contributed by atoms with Gasteiger partial charge >= 0.3 is 0 Å². The summed E-state index contributed by atoms with van der Waals surface area (Å²) < 4.78 is 0. The van der Waals surface area contributed by atoms with E-state index in [1.165, 1.54) is 45.4 Å². The minimum atomic E-state index is 0.00406. The summed E-state index contributed by atoms with van der Waals surface area (Å²) in [5, 5.41) is 12.5. The second-order valence-electron chi connectivity index (χ2n) is 6.28. The van der Waals surface area contributed by atoms with Gasteiger partial charge in [-0.1, -0.05) is 6.42 Å². The van der Waals surface area contributed by atoms with E-state index in [-0.39, 0.29) is 6.04 Å². The Morgan fingerprint density at radius 1 is 1.26 bits per heavy atom. The van der Waals surface area contributed by atoms with Crippen molar-refractivity contribution in [3.8, 4) is 6.07 Å². The number of piperidine rings is 1. The summed E-state index contributed by atoms with van der Waals surface area (Å²) in [6, 6.07) is 3.55. The number of piperazine rings is 1. The van der Waals surface area contributed by atoms with Crippen LogP contribution in [-0.2, 0) is 0 Å². The minimum absolute atomic E-state index is 0.00406. The van der Waals surface area contributed by atoms with E-state index in [9.17, 15) is 0 Å². The zero-order valence-electron chi connectivity index (χ0n) is 12.4. The lowest BCUT2D eigenvalue weighted by molar-refractivity contribution is 0.0482. The Kier molecular flexibility index (Phi) is 5.62. The van der Waals surface area contributed by atoms with Gasteiger partial charge in [0.15, 0.2) is 0 Å². The van der Waals surface area contributed by atoms with Gasteiger partial charge in [0, 0.05) is 38.3 Å². The third-order valence-electron chi connectivity index (χ3n) is 4.35. The average Bonchev–Trinajstić information content (AvgIpc) is 2.42. The molecule has 4 nitrogen and oxygen atoms in total. The van der Waals surface area contributed by atoms with E-state index in [0.717, 1.165) is 19.0 Å². The van der Waals surface area contributed by atoms with Crippen molar-refractivity contribution >= 4 is 0 Å². The Hall–Kier alpha value is -0.630. The Morgan fingerprint density at radius 3 is 2.84 bits per heavy atom. The predicted octanol–water partition coefficient (Wildman–Crippen LogP) is 1.44. The Balaban J connectivity index is 1.73. The molecule has 0 aromatic heterocycles. The van der Waals surface area contributed by atoms with Crippen LogP contribution in [-0.4, -0.2) is 60.6 Å². The van der Waals surface area contributed by atoms with Crippen LogP contribution >= 0.6 is 0 Å². The van der Waals surface area contributed by atoms with Crippen molar-refractivity contribution in [1.29, 1.82) is 5.26 Å². The van der Waals surface area contributed by atoms with Crippen molar-refractivity contribution in [1.82, 2.24) is 15.1 Å². The molecule has 0 amide bonds. The summed E-state index contributed by atoms with van der Waals surface area (Å²) in [4.78, 5) is 5.22. The molecule has 2 heterocycles. The van der Waals surface area contributed by atoms with Crippen LogP contribution < -0.4 is 5.32 Å². The molecule has 2 rings (SSSR count). The topological polar surface area (TPSA) is 42.3 Å². The standard InChI is InChI=1S/C15H28N4/c1-13(2)17-14(11-16)6-8-18-9-10-19-7-4-3-5-15(19)12-18/h13-15,17H,3-10,12H2,1-2H3. The molecule has 1 N–H and O–H groups in total. The fourth-order valence-electron chi connectivity index (χ4n) is 3.32. The molecule has 2 aliphatic rings. The number of nitrogens with zero attached hydrogens (tertiary/aromatic N) is 3. The van der Waals surface area contributed by atoms with Gasteiger partial charge < -0.3 is 4.90 Å². The van der Waals surface area contributed by atoms with Gasteiger partial charge in [-0.2, -0.15) is 5.26 Å². The van der Waals surface area contributed by atoms with Gasteiger partial charge in [-0.05, 0) is 39.7 Å². The van der Waals surface area contributed by atoms with Crippen LogP contribution in [0.25, 0.3) is 0 Å². The molecule has 2 fully saturated rings. The fourth-order valence-corrected chi connectivity index (χ4v) is 3.32. The van der Waals surface area contributed by atoms with E-state index in [0.29, 0.717) is 6.04 Å². The molecule has 4 heteroatoms. The molecule has 0 bridgehead atoms.